The van der Waals surface area contributed by atoms with Gasteiger partial charge in [-0.1, -0.05) is 0 Å². The second kappa shape index (κ2) is 3.04. The molecule has 0 saturated carbocycles. The van der Waals surface area contributed by atoms with Crippen LogP contribution in [0.5, 0.6) is 5.75 Å². The zero-order valence-electron chi connectivity index (χ0n) is 7.69. The monoisotopic (exact) mass is 187 g/mol. The van der Waals surface area contributed by atoms with E-state index in [0.29, 0.717) is 22.8 Å². The van der Waals surface area contributed by atoms with Crippen LogP contribution >= 0.6 is 0 Å². The smallest absolute Gasteiger partial charge is 0.153 e. The summed E-state index contributed by atoms with van der Waals surface area (Å²) in [6.45, 7) is 1.83. The summed E-state index contributed by atoms with van der Waals surface area (Å²) >= 11 is 0. The van der Waals surface area contributed by atoms with E-state index in [1.807, 2.05) is 13.0 Å². The summed E-state index contributed by atoms with van der Waals surface area (Å²) < 4.78 is 5.48. The fraction of sp³-hybridized carbons (Fsp3) is 0.200. The highest BCUT2D eigenvalue weighted by Gasteiger charge is 2.17. The minimum absolute atomic E-state index is 0.199. The van der Waals surface area contributed by atoms with Crippen LogP contribution in [0.15, 0.2) is 23.2 Å². The number of benzene rings is 1. The highest BCUT2D eigenvalue weighted by molar-refractivity contribution is 5.89. The molecule has 0 bridgehead atoms. The van der Waals surface area contributed by atoms with Crippen LogP contribution in [0.25, 0.3) is 0 Å². The molecule has 2 N–H and O–H groups in total. The van der Waals surface area contributed by atoms with E-state index in [-0.39, 0.29) is 6.10 Å². The van der Waals surface area contributed by atoms with Gasteiger partial charge in [0, 0.05) is 0 Å². The molecule has 1 aromatic carbocycles. The molecule has 4 heteroatoms. The molecule has 1 heterocycles. The van der Waals surface area contributed by atoms with Gasteiger partial charge in [0.15, 0.2) is 6.10 Å². The fourth-order valence-corrected chi connectivity index (χ4v) is 1.25. The standard InChI is InChI=1S/C10H9N3O/c1-6-10(12)13-8-4-7(5-11)2-3-9(8)14-6/h2-4,6H,1H3,(H2,12,13). The molecule has 4 nitrogen and oxygen atoms in total. The second-order valence-electron chi connectivity index (χ2n) is 3.09. The number of fused-ring (bicyclic) bond motifs is 1. The molecule has 1 atom stereocenters. The molecule has 0 amide bonds. The molecule has 0 saturated heterocycles. The third-order valence-corrected chi connectivity index (χ3v) is 2.06. The summed E-state index contributed by atoms with van der Waals surface area (Å²) in [6, 6.07) is 7.13. The molecule has 0 fully saturated rings. The van der Waals surface area contributed by atoms with Crippen LogP contribution in [0.1, 0.15) is 12.5 Å². The van der Waals surface area contributed by atoms with Gasteiger partial charge in [0.05, 0.1) is 11.6 Å². The molecular weight excluding hydrogens is 178 g/mol. The Morgan fingerprint density at radius 3 is 3.07 bits per heavy atom. The molecule has 1 unspecified atom stereocenters. The lowest BCUT2D eigenvalue weighted by atomic mass is 10.2. The second-order valence-corrected chi connectivity index (χ2v) is 3.09. The number of ether oxygens (including phenoxy) is 1. The van der Waals surface area contributed by atoms with Crippen LogP contribution in [0.3, 0.4) is 0 Å². The zero-order valence-corrected chi connectivity index (χ0v) is 7.69. The molecule has 70 valence electrons. The van der Waals surface area contributed by atoms with Gasteiger partial charge in [-0.25, -0.2) is 4.99 Å². The van der Waals surface area contributed by atoms with E-state index in [2.05, 4.69) is 4.99 Å². The van der Waals surface area contributed by atoms with Crippen LogP contribution in [0.4, 0.5) is 5.69 Å². The van der Waals surface area contributed by atoms with Gasteiger partial charge in [-0.15, -0.1) is 0 Å². The van der Waals surface area contributed by atoms with E-state index in [1.165, 1.54) is 0 Å². The molecule has 14 heavy (non-hydrogen) atoms. The van der Waals surface area contributed by atoms with Crippen molar-refractivity contribution < 1.29 is 4.74 Å². The first-order valence-electron chi connectivity index (χ1n) is 4.25. The Kier molecular flexibility index (Phi) is 1.86. The fourth-order valence-electron chi connectivity index (χ4n) is 1.25. The molecule has 1 aliphatic rings. The summed E-state index contributed by atoms with van der Waals surface area (Å²) in [5.74, 6) is 1.11. The highest BCUT2D eigenvalue weighted by Crippen LogP contribution is 2.32. The minimum atomic E-state index is -0.199. The molecule has 1 aliphatic heterocycles. The third kappa shape index (κ3) is 1.29. The van der Waals surface area contributed by atoms with Crippen molar-refractivity contribution in [2.45, 2.75) is 13.0 Å². The van der Waals surface area contributed by atoms with Crippen molar-refractivity contribution in [3.05, 3.63) is 23.8 Å². The maximum absolute atomic E-state index is 8.69. The van der Waals surface area contributed by atoms with Crippen molar-refractivity contribution in [1.82, 2.24) is 0 Å². The van der Waals surface area contributed by atoms with Gasteiger partial charge >= 0.3 is 0 Å². The number of aliphatic imine (C=N–C) groups is 1. The predicted molar refractivity (Wildman–Crippen MR) is 52.5 cm³/mol. The van der Waals surface area contributed by atoms with Crippen molar-refractivity contribution >= 4 is 11.5 Å². The average molecular weight is 187 g/mol. The Hall–Kier alpha value is -2.02. The Balaban J connectivity index is 2.51. The van der Waals surface area contributed by atoms with Gasteiger partial charge in [-0.3, -0.25) is 0 Å². The summed E-state index contributed by atoms with van der Waals surface area (Å²) in [4.78, 5) is 4.15. The average Bonchev–Trinajstić information content (AvgIpc) is 2.19. The molecular formula is C10H9N3O. The summed E-state index contributed by atoms with van der Waals surface area (Å²) in [5, 5.41) is 8.69. The van der Waals surface area contributed by atoms with Crippen LogP contribution < -0.4 is 10.5 Å². The quantitative estimate of drug-likeness (QED) is 0.665. The lowest BCUT2D eigenvalue weighted by Crippen LogP contribution is -2.33. The van der Waals surface area contributed by atoms with Crippen molar-refractivity contribution in [3.63, 3.8) is 0 Å². The number of rotatable bonds is 0. The molecule has 0 aliphatic carbocycles. The number of nitrogens with two attached hydrogens (primary N) is 1. The van der Waals surface area contributed by atoms with Crippen LogP contribution in [0, 0.1) is 11.3 Å². The first kappa shape index (κ1) is 8.57. The van der Waals surface area contributed by atoms with E-state index >= 15 is 0 Å². The van der Waals surface area contributed by atoms with Crippen molar-refractivity contribution in [2.24, 2.45) is 10.7 Å². The lowest BCUT2D eigenvalue weighted by molar-refractivity contribution is 0.281. The predicted octanol–water partition coefficient (Wildman–Crippen LogP) is 1.33. The summed E-state index contributed by atoms with van der Waals surface area (Å²) in [7, 11) is 0. The molecule has 0 spiro atoms. The number of hydrogen-bond acceptors (Lipinski definition) is 4. The van der Waals surface area contributed by atoms with E-state index in [9.17, 15) is 0 Å². The molecule has 2 rings (SSSR count). The maximum atomic E-state index is 8.69. The Bertz CT molecular complexity index is 445. The van der Waals surface area contributed by atoms with E-state index in [4.69, 9.17) is 15.7 Å². The number of amidine groups is 1. The topological polar surface area (TPSA) is 71.4 Å². The van der Waals surface area contributed by atoms with Gasteiger partial charge < -0.3 is 10.5 Å². The Morgan fingerprint density at radius 2 is 2.36 bits per heavy atom. The van der Waals surface area contributed by atoms with Gasteiger partial charge in [-0.05, 0) is 25.1 Å². The van der Waals surface area contributed by atoms with Crippen molar-refractivity contribution in [1.29, 1.82) is 5.26 Å². The van der Waals surface area contributed by atoms with Gasteiger partial charge in [0.25, 0.3) is 0 Å². The number of hydrogen-bond donors (Lipinski definition) is 1. The van der Waals surface area contributed by atoms with Gasteiger partial charge in [0.1, 0.15) is 17.3 Å². The summed E-state index contributed by atoms with van der Waals surface area (Å²) in [6.07, 6.45) is -0.199. The molecule has 0 radical (unpaired) electrons. The normalized spacial score (nSPS) is 18.9. The minimum Gasteiger partial charge on any atom is -0.481 e. The molecule has 1 aromatic rings. The van der Waals surface area contributed by atoms with Crippen molar-refractivity contribution in [2.75, 3.05) is 0 Å². The van der Waals surface area contributed by atoms with Crippen molar-refractivity contribution in [3.8, 4) is 11.8 Å². The zero-order chi connectivity index (χ0) is 10.1. The Labute approximate surface area is 81.6 Å². The first-order valence-corrected chi connectivity index (χ1v) is 4.25. The van der Waals surface area contributed by atoms with Crippen LogP contribution in [-0.2, 0) is 0 Å². The number of nitriles is 1. The largest absolute Gasteiger partial charge is 0.481 e. The van der Waals surface area contributed by atoms with Crippen LogP contribution in [0.2, 0.25) is 0 Å². The molecule has 0 aromatic heterocycles. The van der Waals surface area contributed by atoms with Gasteiger partial charge in [0.2, 0.25) is 0 Å². The number of nitrogens with zero attached hydrogens (tertiary/aromatic N) is 2. The SMILES string of the molecule is CC1Oc2ccc(C#N)cc2N=C1N. The van der Waals surface area contributed by atoms with E-state index < -0.39 is 0 Å². The highest BCUT2D eigenvalue weighted by atomic mass is 16.5. The lowest BCUT2D eigenvalue weighted by Gasteiger charge is -2.20. The summed E-state index contributed by atoms with van der Waals surface area (Å²) in [5.41, 5.74) is 6.81. The first-order chi connectivity index (χ1) is 6.70. The third-order valence-electron chi connectivity index (χ3n) is 2.06. The van der Waals surface area contributed by atoms with Gasteiger partial charge in [-0.2, -0.15) is 5.26 Å². The van der Waals surface area contributed by atoms with Crippen LogP contribution in [-0.4, -0.2) is 11.9 Å². The maximum Gasteiger partial charge on any atom is 0.153 e. The Morgan fingerprint density at radius 1 is 1.57 bits per heavy atom. The van der Waals surface area contributed by atoms with E-state index in [0.717, 1.165) is 0 Å². The van der Waals surface area contributed by atoms with E-state index in [1.54, 1.807) is 18.2 Å².